The third kappa shape index (κ3) is 3.31. The number of halogens is 2. The molecule has 94 valence electrons. The summed E-state index contributed by atoms with van der Waals surface area (Å²) in [5.74, 6) is 0. The number of nitrogens with zero attached hydrogens (tertiary/aromatic N) is 1. The zero-order valence-electron chi connectivity index (χ0n) is 10.0. The van der Waals surface area contributed by atoms with Gasteiger partial charge in [-0.3, -0.25) is 4.98 Å². The maximum absolute atomic E-state index is 6.06. The second-order valence-electron chi connectivity index (χ2n) is 4.07. The van der Waals surface area contributed by atoms with E-state index in [1.807, 2.05) is 37.5 Å². The predicted octanol–water partition coefficient (Wildman–Crippen LogP) is 4.00. The van der Waals surface area contributed by atoms with Crippen molar-refractivity contribution in [2.75, 3.05) is 7.05 Å². The van der Waals surface area contributed by atoms with Crippen LogP contribution in [-0.4, -0.2) is 12.0 Å². The fourth-order valence-electron chi connectivity index (χ4n) is 1.90. The van der Waals surface area contributed by atoms with Crippen LogP contribution in [0.1, 0.15) is 17.2 Å². The molecular formula is C14H14BrClN2. The zero-order valence-corrected chi connectivity index (χ0v) is 12.4. The SMILES string of the molecule is CNC(Cc1cccnc1)c1cc(Cl)ccc1Br. The molecule has 0 aliphatic heterocycles. The largest absolute Gasteiger partial charge is 0.313 e. The van der Waals surface area contributed by atoms with Crippen molar-refractivity contribution in [2.45, 2.75) is 12.5 Å². The van der Waals surface area contributed by atoms with Crippen LogP contribution in [0.15, 0.2) is 47.2 Å². The van der Waals surface area contributed by atoms with Gasteiger partial charge in [-0.25, -0.2) is 0 Å². The first-order valence-electron chi connectivity index (χ1n) is 5.72. The molecule has 1 heterocycles. The van der Waals surface area contributed by atoms with Crippen molar-refractivity contribution in [1.82, 2.24) is 10.3 Å². The first-order chi connectivity index (χ1) is 8.70. The number of likely N-dealkylation sites (N-methyl/N-ethyl adjacent to an activating group) is 1. The van der Waals surface area contributed by atoms with Crippen LogP contribution in [0.2, 0.25) is 5.02 Å². The number of hydrogen-bond acceptors (Lipinski definition) is 2. The minimum Gasteiger partial charge on any atom is -0.313 e. The Morgan fingerprint density at radius 2 is 2.22 bits per heavy atom. The molecule has 0 bridgehead atoms. The number of benzene rings is 1. The smallest absolute Gasteiger partial charge is 0.0410 e. The Bertz CT molecular complexity index is 516. The van der Waals surface area contributed by atoms with Gasteiger partial charge in [0.25, 0.3) is 0 Å². The monoisotopic (exact) mass is 324 g/mol. The van der Waals surface area contributed by atoms with Crippen LogP contribution in [0.4, 0.5) is 0 Å². The lowest BCUT2D eigenvalue weighted by Crippen LogP contribution is -2.19. The number of aromatic nitrogens is 1. The Balaban J connectivity index is 2.26. The maximum atomic E-state index is 6.06. The second kappa shape index (κ2) is 6.32. The first kappa shape index (κ1) is 13.5. The molecule has 0 amide bonds. The summed E-state index contributed by atoms with van der Waals surface area (Å²) in [4.78, 5) is 4.14. The molecule has 0 aliphatic carbocycles. The minimum absolute atomic E-state index is 0.210. The van der Waals surface area contributed by atoms with E-state index in [-0.39, 0.29) is 6.04 Å². The van der Waals surface area contributed by atoms with Gasteiger partial charge in [-0.2, -0.15) is 0 Å². The van der Waals surface area contributed by atoms with E-state index in [0.717, 1.165) is 21.5 Å². The number of hydrogen-bond donors (Lipinski definition) is 1. The van der Waals surface area contributed by atoms with Crippen LogP contribution in [0, 0.1) is 0 Å². The predicted molar refractivity (Wildman–Crippen MR) is 78.9 cm³/mol. The lowest BCUT2D eigenvalue weighted by atomic mass is 10.00. The Morgan fingerprint density at radius 1 is 1.39 bits per heavy atom. The van der Waals surface area contributed by atoms with E-state index >= 15 is 0 Å². The van der Waals surface area contributed by atoms with Gasteiger partial charge in [0.2, 0.25) is 0 Å². The topological polar surface area (TPSA) is 24.9 Å². The summed E-state index contributed by atoms with van der Waals surface area (Å²) in [6.45, 7) is 0. The fourth-order valence-corrected chi connectivity index (χ4v) is 2.61. The standard InChI is InChI=1S/C14H14BrClN2/c1-17-14(7-10-3-2-6-18-9-10)12-8-11(16)4-5-13(12)15/h2-6,8-9,14,17H,7H2,1H3. The van der Waals surface area contributed by atoms with Crippen LogP contribution in [0.25, 0.3) is 0 Å². The van der Waals surface area contributed by atoms with Gasteiger partial charge in [0.15, 0.2) is 0 Å². The Labute approximate surface area is 121 Å². The lowest BCUT2D eigenvalue weighted by molar-refractivity contribution is 0.589. The number of pyridine rings is 1. The summed E-state index contributed by atoms with van der Waals surface area (Å²) in [6.07, 6.45) is 4.55. The molecule has 1 aromatic heterocycles. The lowest BCUT2D eigenvalue weighted by Gasteiger charge is -2.18. The molecule has 0 saturated heterocycles. The quantitative estimate of drug-likeness (QED) is 0.919. The van der Waals surface area contributed by atoms with Crippen LogP contribution >= 0.6 is 27.5 Å². The van der Waals surface area contributed by atoms with E-state index in [0.29, 0.717) is 0 Å². The van der Waals surface area contributed by atoms with Crippen LogP contribution in [-0.2, 0) is 6.42 Å². The zero-order chi connectivity index (χ0) is 13.0. The highest BCUT2D eigenvalue weighted by Gasteiger charge is 2.13. The molecule has 0 saturated carbocycles. The molecule has 1 unspecified atom stereocenters. The van der Waals surface area contributed by atoms with Crippen molar-refractivity contribution in [3.05, 3.63) is 63.3 Å². The van der Waals surface area contributed by atoms with Crippen LogP contribution in [0.3, 0.4) is 0 Å². The van der Waals surface area contributed by atoms with E-state index in [1.54, 1.807) is 6.20 Å². The molecule has 0 radical (unpaired) electrons. The second-order valence-corrected chi connectivity index (χ2v) is 5.36. The molecule has 0 spiro atoms. The molecule has 4 heteroatoms. The minimum atomic E-state index is 0.210. The van der Waals surface area contributed by atoms with Crippen molar-refractivity contribution in [1.29, 1.82) is 0 Å². The van der Waals surface area contributed by atoms with Crippen molar-refractivity contribution >= 4 is 27.5 Å². The molecule has 2 aromatic rings. The molecule has 2 nitrogen and oxygen atoms in total. The van der Waals surface area contributed by atoms with Crippen LogP contribution in [0.5, 0.6) is 0 Å². The van der Waals surface area contributed by atoms with Gasteiger partial charge in [0, 0.05) is 27.9 Å². The normalized spacial score (nSPS) is 12.4. The van der Waals surface area contributed by atoms with E-state index < -0.39 is 0 Å². The molecule has 0 fully saturated rings. The summed E-state index contributed by atoms with van der Waals surface area (Å²) in [6, 6.07) is 10.1. The van der Waals surface area contributed by atoms with Gasteiger partial charge in [-0.05, 0) is 48.9 Å². The van der Waals surface area contributed by atoms with Gasteiger partial charge in [-0.1, -0.05) is 33.6 Å². The summed E-state index contributed by atoms with van der Waals surface area (Å²) < 4.78 is 1.06. The van der Waals surface area contributed by atoms with E-state index in [9.17, 15) is 0 Å². The molecular weight excluding hydrogens is 312 g/mol. The summed E-state index contributed by atoms with van der Waals surface area (Å²) in [5.41, 5.74) is 2.36. The fraction of sp³-hybridized carbons (Fsp3) is 0.214. The Kier molecular flexibility index (Phi) is 4.75. The average molecular weight is 326 g/mol. The van der Waals surface area contributed by atoms with E-state index in [4.69, 9.17) is 11.6 Å². The molecule has 1 N–H and O–H groups in total. The third-order valence-electron chi connectivity index (χ3n) is 2.84. The molecule has 2 rings (SSSR count). The highest BCUT2D eigenvalue weighted by Crippen LogP contribution is 2.28. The first-order valence-corrected chi connectivity index (χ1v) is 6.89. The molecule has 0 aliphatic rings. The number of nitrogens with one attached hydrogen (secondary N) is 1. The summed E-state index contributed by atoms with van der Waals surface area (Å²) in [5, 5.41) is 4.07. The van der Waals surface area contributed by atoms with Crippen molar-refractivity contribution < 1.29 is 0 Å². The highest BCUT2D eigenvalue weighted by molar-refractivity contribution is 9.10. The third-order valence-corrected chi connectivity index (χ3v) is 3.80. The average Bonchev–Trinajstić information content (AvgIpc) is 2.40. The van der Waals surface area contributed by atoms with E-state index in [2.05, 4.69) is 32.3 Å². The molecule has 18 heavy (non-hydrogen) atoms. The number of rotatable bonds is 4. The van der Waals surface area contributed by atoms with Gasteiger partial charge in [0.05, 0.1) is 0 Å². The van der Waals surface area contributed by atoms with Gasteiger partial charge >= 0.3 is 0 Å². The molecule has 1 atom stereocenters. The van der Waals surface area contributed by atoms with Gasteiger partial charge in [0.1, 0.15) is 0 Å². The van der Waals surface area contributed by atoms with Gasteiger partial charge < -0.3 is 5.32 Å². The Hall–Kier alpha value is -0.900. The van der Waals surface area contributed by atoms with Crippen molar-refractivity contribution in [2.24, 2.45) is 0 Å². The summed E-state index contributed by atoms with van der Waals surface area (Å²) >= 11 is 9.63. The van der Waals surface area contributed by atoms with Crippen LogP contribution < -0.4 is 5.32 Å². The van der Waals surface area contributed by atoms with E-state index in [1.165, 1.54) is 5.56 Å². The summed E-state index contributed by atoms with van der Waals surface area (Å²) in [7, 11) is 1.95. The van der Waals surface area contributed by atoms with Crippen molar-refractivity contribution in [3.8, 4) is 0 Å². The van der Waals surface area contributed by atoms with Crippen molar-refractivity contribution in [3.63, 3.8) is 0 Å². The Morgan fingerprint density at radius 3 is 2.89 bits per heavy atom. The van der Waals surface area contributed by atoms with Gasteiger partial charge in [-0.15, -0.1) is 0 Å². The molecule has 1 aromatic carbocycles. The maximum Gasteiger partial charge on any atom is 0.0410 e. The highest BCUT2D eigenvalue weighted by atomic mass is 79.9.